The molecule has 0 spiro atoms. The van der Waals surface area contributed by atoms with E-state index in [0.29, 0.717) is 11.0 Å². The monoisotopic (exact) mass is 335 g/mol. The third-order valence-electron chi connectivity index (χ3n) is 2.93. The molecule has 0 aliphatic rings. The third kappa shape index (κ3) is 2.80. The Morgan fingerprint density at radius 2 is 2.00 bits per heavy atom. The topological polar surface area (TPSA) is 12.0 Å². The van der Waals surface area contributed by atoms with Crippen LogP contribution in [0.15, 0.2) is 52.3 Å². The van der Waals surface area contributed by atoms with Crippen LogP contribution in [0.5, 0.6) is 0 Å². The van der Waals surface area contributed by atoms with Gasteiger partial charge in [0, 0.05) is 16.9 Å². The van der Waals surface area contributed by atoms with Crippen LogP contribution in [0.25, 0.3) is 10.1 Å². The molecule has 0 unspecified atom stereocenters. The van der Waals surface area contributed by atoms with Crippen molar-refractivity contribution >= 4 is 43.0 Å². The highest BCUT2D eigenvalue weighted by Crippen LogP contribution is 2.24. The highest BCUT2D eigenvalue weighted by molar-refractivity contribution is 9.10. The molecule has 3 rings (SSSR count). The third-order valence-corrected chi connectivity index (χ3v) is 4.44. The quantitative estimate of drug-likeness (QED) is 0.674. The second-order valence-electron chi connectivity index (χ2n) is 4.28. The molecule has 0 radical (unpaired) electrons. The van der Waals surface area contributed by atoms with Crippen molar-refractivity contribution < 1.29 is 4.39 Å². The molecule has 0 saturated carbocycles. The van der Waals surface area contributed by atoms with Crippen molar-refractivity contribution in [2.75, 3.05) is 5.32 Å². The van der Waals surface area contributed by atoms with E-state index in [9.17, 15) is 4.39 Å². The van der Waals surface area contributed by atoms with Crippen LogP contribution in [0.2, 0.25) is 0 Å². The van der Waals surface area contributed by atoms with Gasteiger partial charge in [0.05, 0.1) is 4.47 Å². The summed E-state index contributed by atoms with van der Waals surface area (Å²) in [5, 5.41) is 6.69. The van der Waals surface area contributed by atoms with Crippen LogP contribution in [0.1, 0.15) is 5.56 Å². The molecular formula is C15H11BrFNS. The minimum atomic E-state index is -0.233. The van der Waals surface area contributed by atoms with Gasteiger partial charge in [0.2, 0.25) is 0 Å². The molecule has 0 bridgehead atoms. The lowest BCUT2D eigenvalue weighted by atomic mass is 10.2. The minimum absolute atomic E-state index is 0.233. The summed E-state index contributed by atoms with van der Waals surface area (Å²) >= 11 is 4.94. The van der Waals surface area contributed by atoms with Crippen molar-refractivity contribution in [3.63, 3.8) is 0 Å². The van der Waals surface area contributed by atoms with E-state index in [-0.39, 0.29) is 5.82 Å². The van der Waals surface area contributed by atoms with Gasteiger partial charge in [-0.25, -0.2) is 4.39 Å². The molecule has 0 saturated heterocycles. The van der Waals surface area contributed by atoms with E-state index in [4.69, 9.17) is 0 Å². The Bertz CT molecular complexity index is 723. The van der Waals surface area contributed by atoms with Gasteiger partial charge in [0.25, 0.3) is 0 Å². The van der Waals surface area contributed by atoms with Crippen LogP contribution in [0.3, 0.4) is 0 Å². The molecule has 0 aliphatic carbocycles. The molecule has 0 amide bonds. The zero-order valence-corrected chi connectivity index (χ0v) is 12.4. The number of nitrogens with one attached hydrogen (secondary N) is 1. The average molecular weight is 336 g/mol. The molecule has 1 heterocycles. The fourth-order valence-electron chi connectivity index (χ4n) is 1.93. The molecule has 1 nitrogen and oxygen atoms in total. The zero-order chi connectivity index (χ0) is 13.2. The summed E-state index contributed by atoms with van der Waals surface area (Å²) in [6.07, 6.45) is 0. The summed E-state index contributed by atoms with van der Waals surface area (Å²) in [4.78, 5) is 0. The van der Waals surface area contributed by atoms with Crippen molar-refractivity contribution in [1.82, 2.24) is 0 Å². The maximum Gasteiger partial charge on any atom is 0.137 e. The summed E-state index contributed by atoms with van der Waals surface area (Å²) in [6, 6.07) is 13.5. The van der Waals surface area contributed by atoms with Gasteiger partial charge >= 0.3 is 0 Å². The van der Waals surface area contributed by atoms with Crippen LogP contribution >= 0.6 is 27.3 Å². The highest BCUT2D eigenvalue weighted by atomic mass is 79.9. The van der Waals surface area contributed by atoms with E-state index in [1.807, 2.05) is 0 Å². The van der Waals surface area contributed by atoms with E-state index >= 15 is 0 Å². The van der Waals surface area contributed by atoms with Crippen LogP contribution < -0.4 is 5.32 Å². The Morgan fingerprint density at radius 3 is 2.84 bits per heavy atom. The predicted octanol–water partition coefficient (Wildman–Crippen LogP) is 5.42. The lowest BCUT2D eigenvalue weighted by Crippen LogP contribution is -1.99. The molecule has 2 aromatic carbocycles. The number of fused-ring (bicyclic) bond motifs is 1. The first-order valence-electron chi connectivity index (χ1n) is 5.87. The van der Waals surface area contributed by atoms with Gasteiger partial charge in [-0.1, -0.05) is 6.07 Å². The van der Waals surface area contributed by atoms with Gasteiger partial charge in [0.1, 0.15) is 5.82 Å². The summed E-state index contributed by atoms with van der Waals surface area (Å²) < 4.78 is 14.9. The smallest absolute Gasteiger partial charge is 0.137 e. The van der Waals surface area contributed by atoms with E-state index < -0.39 is 0 Å². The average Bonchev–Trinajstić information content (AvgIpc) is 2.87. The number of rotatable bonds is 3. The SMILES string of the molecule is Fc1ccc(CNc2ccc3sccc3c2)cc1Br. The Kier molecular flexibility index (Phi) is 3.53. The van der Waals surface area contributed by atoms with Gasteiger partial charge < -0.3 is 5.32 Å². The number of halogens is 2. The maximum atomic E-state index is 13.1. The van der Waals surface area contributed by atoms with Crippen molar-refractivity contribution in [2.24, 2.45) is 0 Å². The van der Waals surface area contributed by atoms with E-state index in [1.54, 1.807) is 23.5 Å². The normalized spacial score (nSPS) is 10.8. The van der Waals surface area contributed by atoms with Gasteiger partial charge in [-0.15, -0.1) is 11.3 Å². The number of thiophene rings is 1. The van der Waals surface area contributed by atoms with Crippen LogP contribution in [0.4, 0.5) is 10.1 Å². The van der Waals surface area contributed by atoms with Crippen LogP contribution in [-0.4, -0.2) is 0 Å². The first-order valence-corrected chi connectivity index (χ1v) is 7.55. The molecule has 1 N–H and O–H groups in total. The number of anilines is 1. The summed E-state index contributed by atoms with van der Waals surface area (Å²) in [6.45, 7) is 0.675. The second-order valence-corrected chi connectivity index (χ2v) is 6.08. The molecule has 0 aliphatic heterocycles. The molecule has 0 fully saturated rings. The summed E-state index contributed by atoms with van der Waals surface area (Å²) in [5.74, 6) is -0.233. The maximum absolute atomic E-state index is 13.1. The number of benzene rings is 2. The predicted molar refractivity (Wildman–Crippen MR) is 83.3 cm³/mol. The van der Waals surface area contributed by atoms with Gasteiger partial charge in [-0.3, -0.25) is 0 Å². The Morgan fingerprint density at radius 1 is 1.11 bits per heavy atom. The second kappa shape index (κ2) is 5.31. The van der Waals surface area contributed by atoms with E-state index in [0.717, 1.165) is 11.3 Å². The molecular weight excluding hydrogens is 325 g/mol. The van der Waals surface area contributed by atoms with E-state index in [1.165, 1.54) is 16.2 Å². The Labute approximate surface area is 123 Å². The zero-order valence-electron chi connectivity index (χ0n) is 9.99. The lowest BCUT2D eigenvalue weighted by molar-refractivity contribution is 0.620. The Balaban J connectivity index is 1.75. The highest BCUT2D eigenvalue weighted by Gasteiger charge is 2.01. The first kappa shape index (κ1) is 12.6. The summed E-state index contributed by atoms with van der Waals surface area (Å²) in [7, 11) is 0. The number of hydrogen-bond acceptors (Lipinski definition) is 2. The van der Waals surface area contributed by atoms with Crippen molar-refractivity contribution in [2.45, 2.75) is 6.54 Å². The Hall–Kier alpha value is -1.39. The standard InChI is InChI=1S/C15H11BrFNS/c16-13-7-10(1-3-14(13)17)9-18-12-2-4-15-11(8-12)5-6-19-15/h1-8,18H,9H2. The van der Waals surface area contributed by atoms with Gasteiger partial charge in [-0.2, -0.15) is 0 Å². The molecule has 3 aromatic rings. The molecule has 96 valence electrons. The van der Waals surface area contributed by atoms with Crippen LogP contribution in [-0.2, 0) is 6.54 Å². The lowest BCUT2D eigenvalue weighted by Gasteiger charge is -2.07. The largest absolute Gasteiger partial charge is 0.381 e. The molecule has 4 heteroatoms. The van der Waals surface area contributed by atoms with Gasteiger partial charge in [-0.05, 0) is 68.7 Å². The number of hydrogen-bond donors (Lipinski definition) is 1. The van der Waals surface area contributed by atoms with Crippen molar-refractivity contribution in [1.29, 1.82) is 0 Å². The van der Waals surface area contributed by atoms with Crippen molar-refractivity contribution in [3.8, 4) is 0 Å². The first-order chi connectivity index (χ1) is 9.22. The van der Waals surface area contributed by atoms with Crippen LogP contribution in [0, 0.1) is 5.82 Å². The summed E-state index contributed by atoms with van der Waals surface area (Å²) in [5.41, 5.74) is 2.12. The van der Waals surface area contributed by atoms with Crippen molar-refractivity contribution in [3.05, 3.63) is 63.7 Å². The van der Waals surface area contributed by atoms with Gasteiger partial charge in [0.15, 0.2) is 0 Å². The van der Waals surface area contributed by atoms with E-state index in [2.05, 4.69) is 50.9 Å². The fourth-order valence-corrected chi connectivity index (χ4v) is 3.13. The molecule has 1 aromatic heterocycles. The fraction of sp³-hybridized carbons (Fsp3) is 0.0667. The molecule has 0 atom stereocenters. The molecule has 19 heavy (non-hydrogen) atoms. The minimum Gasteiger partial charge on any atom is -0.381 e.